The summed E-state index contributed by atoms with van der Waals surface area (Å²) in [6.45, 7) is 1.99. The molecule has 0 unspecified atom stereocenters. The van der Waals surface area contributed by atoms with Crippen LogP contribution >= 0.6 is 0 Å². The summed E-state index contributed by atoms with van der Waals surface area (Å²) in [6, 6.07) is 15.0. The average Bonchev–Trinajstić information content (AvgIpc) is 2.53. The second kappa shape index (κ2) is 5.44. The topological polar surface area (TPSA) is 12.9 Å². The molecule has 3 rings (SSSR count). The summed E-state index contributed by atoms with van der Waals surface area (Å²) in [5.41, 5.74) is 2.79. The molecule has 0 bridgehead atoms. The van der Waals surface area contributed by atoms with Crippen LogP contribution < -0.4 is 0 Å². The van der Waals surface area contributed by atoms with Crippen molar-refractivity contribution in [1.29, 1.82) is 0 Å². The summed E-state index contributed by atoms with van der Waals surface area (Å²) < 4.78 is 38.0. The minimum Gasteiger partial charge on any atom is -0.252 e. The fourth-order valence-corrected chi connectivity index (χ4v) is 2.51. The number of hydrogen-bond donors (Lipinski definition) is 0. The highest BCUT2D eigenvalue weighted by Gasteiger charge is 2.30. The zero-order valence-corrected chi connectivity index (χ0v) is 12.0. The molecule has 0 aliphatic carbocycles. The van der Waals surface area contributed by atoms with E-state index in [0.29, 0.717) is 0 Å². The molecule has 0 N–H and O–H groups in total. The van der Waals surface area contributed by atoms with Gasteiger partial charge in [-0.2, -0.15) is 13.2 Å². The molecule has 1 aromatic heterocycles. The van der Waals surface area contributed by atoms with Crippen molar-refractivity contribution in [2.75, 3.05) is 0 Å². The van der Waals surface area contributed by atoms with Crippen molar-refractivity contribution in [3.8, 4) is 11.1 Å². The Bertz CT molecular complexity index is 805. The van der Waals surface area contributed by atoms with Crippen LogP contribution in [0.25, 0.3) is 22.0 Å². The van der Waals surface area contributed by atoms with Gasteiger partial charge in [-0.1, -0.05) is 37.3 Å². The first-order chi connectivity index (χ1) is 10.5. The van der Waals surface area contributed by atoms with Gasteiger partial charge in [0.2, 0.25) is 0 Å². The Balaban J connectivity index is 2.12. The van der Waals surface area contributed by atoms with Gasteiger partial charge in [0.15, 0.2) is 0 Å². The van der Waals surface area contributed by atoms with E-state index in [0.717, 1.165) is 46.3 Å². The monoisotopic (exact) mass is 301 g/mol. The number of halogens is 3. The number of fused-ring (bicyclic) bond motifs is 1. The highest BCUT2D eigenvalue weighted by atomic mass is 19.4. The van der Waals surface area contributed by atoms with E-state index in [2.05, 4.69) is 4.98 Å². The number of aromatic nitrogens is 1. The number of pyridine rings is 1. The van der Waals surface area contributed by atoms with Crippen LogP contribution in [0.5, 0.6) is 0 Å². The third kappa shape index (κ3) is 2.69. The molecule has 1 heterocycles. The van der Waals surface area contributed by atoms with Crippen molar-refractivity contribution in [3.63, 3.8) is 0 Å². The average molecular weight is 301 g/mol. The molecule has 3 aromatic rings. The quantitative estimate of drug-likeness (QED) is 0.610. The van der Waals surface area contributed by atoms with Crippen LogP contribution in [0.4, 0.5) is 13.2 Å². The van der Waals surface area contributed by atoms with Gasteiger partial charge in [0.25, 0.3) is 0 Å². The molecule has 0 radical (unpaired) electrons. The first kappa shape index (κ1) is 14.6. The van der Waals surface area contributed by atoms with Crippen molar-refractivity contribution >= 4 is 10.9 Å². The molecule has 0 spiro atoms. The van der Waals surface area contributed by atoms with Gasteiger partial charge in [-0.3, -0.25) is 4.98 Å². The molecule has 22 heavy (non-hydrogen) atoms. The lowest BCUT2D eigenvalue weighted by atomic mass is 9.99. The molecular formula is C18H14F3N. The largest absolute Gasteiger partial charge is 0.416 e. The maximum absolute atomic E-state index is 12.7. The van der Waals surface area contributed by atoms with Crippen LogP contribution in [0.3, 0.4) is 0 Å². The van der Waals surface area contributed by atoms with E-state index >= 15 is 0 Å². The SMILES string of the molecule is CCc1nc2ccccc2cc1-c1ccc(C(F)(F)F)cc1. The number of benzene rings is 2. The van der Waals surface area contributed by atoms with Gasteiger partial charge in [0, 0.05) is 16.6 Å². The van der Waals surface area contributed by atoms with Gasteiger partial charge in [-0.25, -0.2) is 0 Å². The number of aryl methyl sites for hydroxylation is 1. The van der Waals surface area contributed by atoms with Crippen LogP contribution in [-0.2, 0) is 12.6 Å². The van der Waals surface area contributed by atoms with Crippen LogP contribution in [0, 0.1) is 0 Å². The zero-order valence-electron chi connectivity index (χ0n) is 12.0. The molecule has 2 aromatic carbocycles. The lowest BCUT2D eigenvalue weighted by molar-refractivity contribution is -0.137. The van der Waals surface area contributed by atoms with Crippen LogP contribution in [-0.4, -0.2) is 4.98 Å². The maximum Gasteiger partial charge on any atom is 0.416 e. The van der Waals surface area contributed by atoms with E-state index in [1.165, 1.54) is 12.1 Å². The first-order valence-corrected chi connectivity index (χ1v) is 7.05. The van der Waals surface area contributed by atoms with E-state index in [1.807, 2.05) is 37.3 Å². The predicted octanol–water partition coefficient (Wildman–Crippen LogP) is 5.48. The van der Waals surface area contributed by atoms with Crippen molar-refractivity contribution < 1.29 is 13.2 Å². The molecular weight excluding hydrogens is 287 g/mol. The fourth-order valence-electron chi connectivity index (χ4n) is 2.51. The Hall–Kier alpha value is -2.36. The van der Waals surface area contributed by atoms with Crippen molar-refractivity contribution in [3.05, 3.63) is 65.9 Å². The molecule has 0 aliphatic rings. The summed E-state index contributed by atoms with van der Waals surface area (Å²) in [5.74, 6) is 0. The third-order valence-corrected chi connectivity index (χ3v) is 3.66. The lowest BCUT2D eigenvalue weighted by Crippen LogP contribution is -2.04. The van der Waals surface area contributed by atoms with Crippen LogP contribution in [0.15, 0.2) is 54.6 Å². The van der Waals surface area contributed by atoms with Crippen molar-refractivity contribution in [2.24, 2.45) is 0 Å². The van der Waals surface area contributed by atoms with Crippen LogP contribution in [0.2, 0.25) is 0 Å². The van der Waals surface area contributed by atoms with Crippen molar-refractivity contribution in [1.82, 2.24) is 4.98 Å². The van der Waals surface area contributed by atoms with E-state index in [9.17, 15) is 13.2 Å². The summed E-state index contributed by atoms with van der Waals surface area (Å²) in [7, 11) is 0. The van der Waals surface area contributed by atoms with Crippen LogP contribution in [0.1, 0.15) is 18.2 Å². The maximum atomic E-state index is 12.7. The highest BCUT2D eigenvalue weighted by molar-refractivity contribution is 5.85. The summed E-state index contributed by atoms with van der Waals surface area (Å²) >= 11 is 0. The number of para-hydroxylation sites is 1. The molecule has 0 saturated carbocycles. The molecule has 0 fully saturated rings. The number of alkyl halides is 3. The van der Waals surface area contributed by atoms with Gasteiger partial charge in [-0.05, 0) is 36.2 Å². The molecule has 0 amide bonds. The van der Waals surface area contributed by atoms with Gasteiger partial charge < -0.3 is 0 Å². The number of hydrogen-bond acceptors (Lipinski definition) is 1. The lowest BCUT2D eigenvalue weighted by Gasteiger charge is -2.11. The summed E-state index contributed by atoms with van der Waals surface area (Å²) in [4.78, 5) is 4.62. The van der Waals surface area contributed by atoms with Gasteiger partial charge in [-0.15, -0.1) is 0 Å². The fraction of sp³-hybridized carbons (Fsp3) is 0.167. The highest BCUT2D eigenvalue weighted by Crippen LogP contribution is 2.32. The number of rotatable bonds is 2. The van der Waals surface area contributed by atoms with E-state index in [4.69, 9.17) is 0 Å². The minimum absolute atomic E-state index is 0.636. The van der Waals surface area contributed by atoms with Gasteiger partial charge in [0.1, 0.15) is 0 Å². The second-order valence-corrected chi connectivity index (χ2v) is 5.10. The zero-order chi connectivity index (χ0) is 15.7. The molecule has 112 valence electrons. The Labute approximate surface area is 126 Å². The normalized spacial score (nSPS) is 11.8. The minimum atomic E-state index is -4.31. The summed E-state index contributed by atoms with van der Waals surface area (Å²) in [6.07, 6.45) is -3.59. The Kier molecular flexibility index (Phi) is 3.61. The third-order valence-electron chi connectivity index (χ3n) is 3.66. The molecule has 0 aliphatic heterocycles. The standard InChI is InChI=1S/C18H14F3N/c1-2-16-15(11-13-5-3-4-6-17(13)22-16)12-7-9-14(10-8-12)18(19,20)21/h3-11H,2H2,1H3. The van der Waals surface area contributed by atoms with E-state index < -0.39 is 11.7 Å². The molecule has 1 nitrogen and oxygen atoms in total. The van der Waals surface area contributed by atoms with Gasteiger partial charge >= 0.3 is 6.18 Å². The predicted molar refractivity (Wildman–Crippen MR) is 81.6 cm³/mol. The summed E-state index contributed by atoms with van der Waals surface area (Å²) in [5, 5.41) is 0.981. The van der Waals surface area contributed by atoms with E-state index in [-0.39, 0.29) is 0 Å². The second-order valence-electron chi connectivity index (χ2n) is 5.10. The van der Waals surface area contributed by atoms with Gasteiger partial charge in [0.05, 0.1) is 11.1 Å². The molecule has 0 atom stereocenters. The molecule has 4 heteroatoms. The van der Waals surface area contributed by atoms with E-state index in [1.54, 1.807) is 0 Å². The Morgan fingerprint density at radius 2 is 1.64 bits per heavy atom. The molecule has 0 saturated heterocycles. The Morgan fingerprint density at radius 1 is 0.955 bits per heavy atom. The van der Waals surface area contributed by atoms with Crippen molar-refractivity contribution in [2.45, 2.75) is 19.5 Å². The Morgan fingerprint density at radius 3 is 2.27 bits per heavy atom. The first-order valence-electron chi connectivity index (χ1n) is 7.05. The number of nitrogens with zero attached hydrogens (tertiary/aromatic N) is 1. The smallest absolute Gasteiger partial charge is 0.252 e.